The van der Waals surface area contributed by atoms with Gasteiger partial charge in [0.15, 0.2) is 0 Å². The number of hydrogen-bond donors (Lipinski definition) is 3. The number of carboxylic acid groups (broad SMARTS) is 1. The average molecular weight is 298 g/mol. The summed E-state index contributed by atoms with van der Waals surface area (Å²) in [4.78, 5) is 23.7. The molecule has 0 atom stereocenters. The highest BCUT2D eigenvalue weighted by Gasteiger charge is 2.40. The summed E-state index contributed by atoms with van der Waals surface area (Å²) in [5.74, 6) is -0.480. The zero-order chi connectivity index (χ0) is 16.1. The van der Waals surface area contributed by atoms with Crippen molar-refractivity contribution in [3.05, 3.63) is 0 Å². The van der Waals surface area contributed by atoms with Crippen molar-refractivity contribution in [1.82, 2.24) is 10.6 Å². The van der Waals surface area contributed by atoms with Gasteiger partial charge in [0, 0.05) is 6.54 Å². The molecule has 0 unspecified atom stereocenters. The molecule has 21 heavy (non-hydrogen) atoms. The molecule has 0 aromatic rings. The monoisotopic (exact) mass is 298 g/mol. The Labute approximate surface area is 127 Å². The van der Waals surface area contributed by atoms with E-state index in [2.05, 4.69) is 38.3 Å². The number of carbonyl (C=O) groups is 2. The minimum absolute atomic E-state index is 0.0167. The van der Waals surface area contributed by atoms with Crippen LogP contribution in [0.15, 0.2) is 0 Å². The topological polar surface area (TPSA) is 78.4 Å². The Bertz CT molecular complexity index is 370. The standard InChI is InChI=1S/C16H30N2O3/c1-12(2)15(3,4)11-17-14(21)18-16(13(19)20)9-7-5-6-8-10-16/h12H,5-11H2,1-4H3,(H,19,20)(H2,17,18,21). The van der Waals surface area contributed by atoms with E-state index < -0.39 is 11.5 Å². The number of urea groups is 1. The van der Waals surface area contributed by atoms with Crippen LogP contribution in [0, 0.1) is 11.3 Å². The Morgan fingerprint density at radius 1 is 1.14 bits per heavy atom. The fourth-order valence-electron chi connectivity index (χ4n) is 2.50. The first-order chi connectivity index (χ1) is 9.69. The van der Waals surface area contributed by atoms with Gasteiger partial charge in [-0.2, -0.15) is 0 Å². The first-order valence-electron chi connectivity index (χ1n) is 7.99. The van der Waals surface area contributed by atoms with E-state index in [9.17, 15) is 14.7 Å². The van der Waals surface area contributed by atoms with Gasteiger partial charge in [0.05, 0.1) is 0 Å². The van der Waals surface area contributed by atoms with Crippen LogP contribution < -0.4 is 10.6 Å². The van der Waals surface area contributed by atoms with E-state index in [1.165, 1.54) is 0 Å². The van der Waals surface area contributed by atoms with Crippen LogP contribution in [0.1, 0.15) is 66.2 Å². The highest BCUT2D eigenvalue weighted by molar-refractivity contribution is 5.86. The molecule has 0 aromatic heterocycles. The van der Waals surface area contributed by atoms with Crippen molar-refractivity contribution in [3.63, 3.8) is 0 Å². The van der Waals surface area contributed by atoms with Crippen LogP contribution in [0.4, 0.5) is 4.79 Å². The molecule has 2 amide bonds. The maximum Gasteiger partial charge on any atom is 0.329 e. The van der Waals surface area contributed by atoms with Gasteiger partial charge >= 0.3 is 12.0 Å². The molecule has 122 valence electrons. The van der Waals surface area contributed by atoms with E-state index in [-0.39, 0.29) is 11.4 Å². The molecule has 1 fully saturated rings. The van der Waals surface area contributed by atoms with Crippen LogP contribution in [0.25, 0.3) is 0 Å². The quantitative estimate of drug-likeness (QED) is 0.682. The Hall–Kier alpha value is -1.26. The maximum absolute atomic E-state index is 12.1. The number of hydrogen-bond acceptors (Lipinski definition) is 2. The summed E-state index contributed by atoms with van der Waals surface area (Å²) in [6.45, 7) is 8.95. The molecule has 0 aliphatic heterocycles. The van der Waals surface area contributed by atoms with Crippen molar-refractivity contribution in [2.24, 2.45) is 11.3 Å². The number of amides is 2. The molecule has 0 heterocycles. The van der Waals surface area contributed by atoms with Gasteiger partial charge in [0.2, 0.25) is 0 Å². The predicted molar refractivity (Wildman–Crippen MR) is 83.2 cm³/mol. The predicted octanol–water partition coefficient (Wildman–Crippen LogP) is 3.15. The maximum atomic E-state index is 12.1. The summed E-state index contributed by atoms with van der Waals surface area (Å²) in [7, 11) is 0. The lowest BCUT2D eigenvalue weighted by atomic mass is 9.81. The van der Waals surface area contributed by atoms with E-state index >= 15 is 0 Å². The molecule has 0 saturated heterocycles. The average Bonchev–Trinajstić information content (AvgIpc) is 2.63. The van der Waals surface area contributed by atoms with Crippen LogP contribution >= 0.6 is 0 Å². The largest absolute Gasteiger partial charge is 0.480 e. The van der Waals surface area contributed by atoms with Gasteiger partial charge < -0.3 is 15.7 Å². The van der Waals surface area contributed by atoms with Crippen LogP contribution in [0.2, 0.25) is 0 Å². The van der Waals surface area contributed by atoms with Crippen LogP contribution in [0.5, 0.6) is 0 Å². The summed E-state index contributed by atoms with van der Waals surface area (Å²) in [6, 6.07) is -0.368. The highest BCUT2D eigenvalue weighted by Crippen LogP contribution is 2.28. The molecular formula is C16H30N2O3. The summed E-state index contributed by atoms with van der Waals surface area (Å²) < 4.78 is 0. The summed E-state index contributed by atoms with van der Waals surface area (Å²) in [5.41, 5.74) is -1.11. The van der Waals surface area contributed by atoms with E-state index in [1.807, 2.05) is 0 Å². The Morgan fingerprint density at radius 3 is 2.10 bits per heavy atom. The van der Waals surface area contributed by atoms with E-state index in [0.717, 1.165) is 25.7 Å². The van der Waals surface area contributed by atoms with E-state index in [1.54, 1.807) is 0 Å². The van der Waals surface area contributed by atoms with E-state index in [0.29, 0.717) is 25.3 Å². The van der Waals surface area contributed by atoms with Crippen molar-refractivity contribution in [2.45, 2.75) is 71.8 Å². The third kappa shape index (κ3) is 4.90. The molecule has 0 radical (unpaired) electrons. The molecular weight excluding hydrogens is 268 g/mol. The first-order valence-corrected chi connectivity index (χ1v) is 7.99. The van der Waals surface area contributed by atoms with Crippen molar-refractivity contribution in [3.8, 4) is 0 Å². The number of rotatable bonds is 5. The SMILES string of the molecule is CC(C)C(C)(C)CNC(=O)NC1(C(=O)O)CCCCCC1. The Balaban J connectivity index is 2.63. The van der Waals surface area contributed by atoms with Crippen molar-refractivity contribution < 1.29 is 14.7 Å². The molecule has 1 rings (SSSR count). The second kappa shape index (κ2) is 7.14. The lowest BCUT2D eigenvalue weighted by Crippen LogP contribution is -2.57. The summed E-state index contributed by atoms with van der Waals surface area (Å²) in [5, 5.41) is 15.1. The molecule has 1 aliphatic rings. The highest BCUT2D eigenvalue weighted by atomic mass is 16.4. The molecule has 0 bridgehead atoms. The molecule has 3 N–H and O–H groups in total. The lowest BCUT2D eigenvalue weighted by Gasteiger charge is -2.32. The Kier molecular flexibility index (Phi) is 6.05. The molecule has 0 aromatic carbocycles. The van der Waals surface area contributed by atoms with Crippen molar-refractivity contribution in [2.75, 3.05) is 6.54 Å². The van der Waals surface area contributed by atoms with Gasteiger partial charge in [0.1, 0.15) is 5.54 Å². The smallest absolute Gasteiger partial charge is 0.329 e. The van der Waals surface area contributed by atoms with Gasteiger partial charge in [0.25, 0.3) is 0 Å². The molecule has 1 aliphatic carbocycles. The van der Waals surface area contributed by atoms with Gasteiger partial charge in [-0.25, -0.2) is 9.59 Å². The third-order valence-corrected chi connectivity index (χ3v) is 4.99. The van der Waals surface area contributed by atoms with E-state index in [4.69, 9.17) is 0 Å². The van der Waals surface area contributed by atoms with Gasteiger partial charge in [-0.05, 0) is 24.2 Å². The second-order valence-corrected chi connectivity index (χ2v) is 7.25. The first kappa shape index (κ1) is 17.8. The zero-order valence-corrected chi connectivity index (χ0v) is 13.8. The third-order valence-electron chi connectivity index (χ3n) is 4.99. The summed E-state index contributed by atoms with van der Waals surface area (Å²) >= 11 is 0. The Morgan fingerprint density at radius 2 is 1.67 bits per heavy atom. The number of carboxylic acids is 1. The lowest BCUT2D eigenvalue weighted by molar-refractivity contribution is -0.145. The van der Waals surface area contributed by atoms with Gasteiger partial charge in [-0.3, -0.25) is 0 Å². The minimum atomic E-state index is -1.09. The van der Waals surface area contributed by atoms with Gasteiger partial charge in [-0.15, -0.1) is 0 Å². The number of aliphatic carboxylic acids is 1. The molecule has 1 saturated carbocycles. The summed E-state index contributed by atoms with van der Waals surface area (Å²) in [6.07, 6.45) is 4.82. The molecule has 0 spiro atoms. The zero-order valence-electron chi connectivity index (χ0n) is 13.8. The van der Waals surface area contributed by atoms with Crippen LogP contribution in [0.3, 0.4) is 0 Å². The normalized spacial score (nSPS) is 18.9. The fraction of sp³-hybridized carbons (Fsp3) is 0.875. The van der Waals surface area contributed by atoms with Crippen molar-refractivity contribution >= 4 is 12.0 Å². The van der Waals surface area contributed by atoms with Gasteiger partial charge in [-0.1, -0.05) is 53.4 Å². The van der Waals surface area contributed by atoms with Crippen molar-refractivity contribution in [1.29, 1.82) is 0 Å². The minimum Gasteiger partial charge on any atom is -0.480 e. The second-order valence-electron chi connectivity index (χ2n) is 7.25. The fourth-order valence-corrected chi connectivity index (χ4v) is 2.50. The van der Waals surface area contributed by atoms with Crippen LogP contribution in [-0.4, -0.2) is 29.2 Å². The number of carbonyl (C=O) groups excluding carboxylic acids is 1. The molecule has 5 heteroatoms. The van der Waals surface area contributed by atoms with Crippen LogP contribution in [-0.2, 0) is 4.79 Å². The molecule has 5 nitrogen and oxygen atoms in total. The number of nitrogens with one attached hydrogen (secondary N) is 2.